The molecule has 108 valence electrons. The van der Waals surface area contributed by atoms with Crippen molar-refractivity contribution in [3.8, 4) is 0 Å². The molecule has 0 spiro atoms. The molecule has 0 aliphatic rings. The van der Waals surface area contributed by atoms with Crippen LogP contribution < -0.4 is 5.32 Å². The van der Waals surface area contributed by atoms with Gasteiger partial charge < -0.3 is 19.5 Å². The minimum atomic E-state index is -2.03. The van der Waals surface area contributed by atoms with E-state index in [1.807, 2.05) is 0 Å². The van der Waals surface area contributed by atoms with Crippen molar-refractivity contribution in [1.82, 2.24) is 5.32 Å². The van der Waals surface area contributed by atoms with Gasteiger partial charge in [-0.25, -0.2) is 9.59 Å². The summed E-state index contributed by atoms with van der Waals surface area (Å²) in [6.45, 7) is 4.46. The number of hydrogen-bond donors (Lipinski definition) is 1. The lowest BCUT2D eigenvalue weighted by molar-refractivity contribution is -0.164. The highest BCUT2D eigenvalue weighted by Gasteiger charge is 2.48. The Hall–Kier alpha value is -2.05. The number of amides is 1. The number of carbonyl (C=O) groups excluding carboxylic acids is 3. The molecule has 0 atom stereocenters. The van der Waals surface area contributed by atoms with Crippen LogP contribution >= 0.6 is 0 Å². The molecule has 0 rings (SSSR count). The number of ether oxygens (including phenoxy) is 3. The fourth-order valence-electron chi connectivity index (χ4n) is 1.30. The number of rotatable bonds is 7. The zero-order valence-corrected chi connectivity index (χ0v) is 11.5. The normalized spacial score (nSPS) is 10.9. The van der Waals surface area contributed by atoms with Crippen LogP contribution in [0.5, 0.6) is 0 Å². The number of hydrogen-bond acceptors (Lipinski definition) is 6. The SMILES string of the molecule is CCOC(=O)C(/C=C/OC)(NC(C)=O)C(=O)OCC. The Balaban J connectivity index is 5.55. The van der Waals surface area contributed by atoms with E-state index in [1.165, 1.54) is 14.0 Å². The van der Waals surface area contributed by atoms with Crippen LogP contribution in [-0.4, -0.2) is 43.7 Å². The maximum atomic E-state index is 12.0. The Morgan fingerprint density at radius 3 is 1.89 bits per heavy atom. The molecule has 1 N–H and O–H groups in total. The van der Waals surface area contributed by atoms with Gasteiger partial charge in [0.1, 0.15) is 0 Å². The van der Waals surface area contributed by atoms with Gasteiger partial charge in [0, 0.05) is 6.92 Å². The van der Waals surface area contributed by atoms with Crippen molar-refractivity contribution in [3.63, 3.8) is 0 Å². The molecule has 0 bridgehead atoms. The molecular formula is C12H19NO6. The molecule has 0 aromatic rings. The molecule has 0 aliphatic carbocycles. The van der Waals surface area contributed by atoms with Crippen LogP contribution in [0.3, 0.4) is 0 Å². The number of nitrogens with one attached hydrogen (secondary N) is 1. The van der Waals surface area contributed by atoms with E-state index in [2.05, 4.69) is 10.1 Å². The molecule has 0 fully saturated rings. The van der Waals surface area contributed by atoms with E-state index in [0.717, 1.165) is 12.3 Å². The second-order valence-corrected chi connectivity index (χ2v) is 3.47. The third-order valence-electron chi connectivity index (χ3n) is 2.02. The number of methoxy groups -OCH3 is 1. The molecule has 0 aromatic heterocycles. The molecule has 0 saturated heterocycles. The Morgan fingerprint density at radius 1 is 1.11 bits per heavy atom. The molecule has 19 heavy (non-hydrogen) atoms. The van der Waals surface area contributed by atoms with E-state index >= 15 is 0 Å². The summed E-state index contributed by atoms with van der Waals surface area (Å²) in [5.41, 5.74) is -2.03. The van der Waals surface area contributed by atoms with Crippen LogP contribution in [0.25, 0.3) is 0 Å². The summed E-state index contributed by atoms with van der Waals surface area (Å²) in [5, 5.41) is 2.24. The molecule has 0 radical (unpaired) electrons. The third-order valence-corrected chi connectivity index (χ3v) is 2.02. The van der Waals surface area contributed by atoms with Crippen molar-refractivity contribution in [2.24, 2.45) is 0 Å². The summed E-state index contributed by atoms with van der Waals surface area (Å²) >= 11 is 0. The van der Waals surface area contributed by atoms with E-state index < -0.39 is 23.4 Å². The molecular weight excluding hydrogens is 254 g/mol. The molecule has 0 aromatic carbocycles. The number of carbonyl (C=O) groups is 3. The zero-order chi connectivity index (χ0) is 14.9. The van der Waals surface area contributed by atoms with Gasteiger partial charge in [-0.1, -0.05) is 0 Å². The standard InChI is InChI=1S/C12H19NO6/c1-5-18-10(15)12(7-8-17-4,13-9(3)14)11(16)19-6-2/h7-8H,5-6H2,1-4H3,(H,13,14)/b8-7+. The zero-order valence-electron chi connectivity index (χ0n) is 11.5. The summed E-state index contributed by atoms with van der Waals surface area (Å²) in [6.07, 6.45) is 2.19. The Kier molecular flexibility index (Phi) is 7.25. The molecule has 7 nitrogen and oxygen atoms in total. The van der Waals surface area contributed by atoms with Gasteiger partial charge in [0.25, 0.3) is 5.54 Å². The van der Waals surface area contributed by atoms with Gasteiger partial charge in [0.05, 0.1) is 26.6 Å². The van der Waals surface area contributed by atoms with Gasteiger partial charge in [-0.05, 0) is 19.9 Å². The van der Waals surface area contributed by atoms with Crippen LogP contribution in [0.15, 0.2) is 12.3 Å². The maximum absolute atomic E-state index is 12.0. The Morgan fingerprint density at radius 2 is 1.58 bits per heavy atom. The summed E-state index contributed by atoms with van der Waals surface area (Å²) in [4.78, 5) is 35.2. The summed E-state index contributed by atoms with van der Waals surface area (Å²) in [7, 11) is 1.34. The maximum Gasteiger partial charge on any atom is 0.348 e. The molecule has 7 heteroatoms. The average molecular weight is 273 g/mol. The highest BCUT2D eigenvalue weighted by molar-refractivity contribution is 6.09. The lowest BCUT2D eigenvalue weighted by Crippen LogP contribution is -2.59. The van der Waals surface area contributed by atoms with Crippen molar-refractivity contribution in [2.45, 2.75) is 26.3 Å². The van der Waals surface area contributed by atoms with Crippen LogP contribution in [0.4, 0.5) is 0 Å². The van der Waals surface area contributed by atoms with Crippen LogP contribution in [0, 0.1) is 0 Å². The highest BCUT2D eigenvalue weighted by atomic mass is 16.6. The van der Waals surface area contributed by atoms with Crippen LogP contribution in [0.1, 0.15) is 20.8 Å². The van der Waals surface area contributed by atoms with Crippen LogP contribution in [-0.2, 0) is 28.6 Å². The van der Waals surface area contributed by atoms with Crippen LogP contribution in [0.2, 0.25) is 0 Å². The minimum absolute atomic E-state index is 0.0559. The smallest absolute Gasteiger partial charge is 0.348 e. The molecule has 1 amide bonds. The summed E-state index contributed by atoms with van der Waals surface area (Å²) < 4.78 is 14.3. The van der Waals surface area contributed by atoms with E-state index in [-0.39, 0.29) is 13.2 Å². The van der Waals surface area contributed by atoms with Crippen molar-refractivity contribution in [2.75, 3.05) is 20.3 Å². The summed E-state index contributed by atoms with van der Waals surface area (Å²) in [6, 6.07) is 0. The first kappa shape index (κ1) is 16.9. The fraction of sp³-hybridized carbons (Fsp3) is 0.583. The van der Waals surface area contributed by atoms with Crippen molar-refractivity contribution >= 4 is 17.8 Å². The lowest BCUT2D eigenvalue weighted by Gasteiger charge is -2.26. The minimum Gasteiger partial charge on any atom is -0.505 e. The van der Waals surface area contributed by atoms with Crippen molar-refractivity contribution < 1.29 is 28.6 Å². The predicted molar refractivity (Wildman–Crippen MR) is 66.0 cm³/mol. The highest BCUT2D eigenvalue weighted by Crippen LogP contribution is 2.14. The van der Waals surface area contributed by atoms with Gasteiger partial charge in [-0.2, -0.15) is 0 Å². The average Bonchev–Trinajstić information content (AvgIpc) is 2.34. The van der Waals surface area contributed by atoms with Crippen molar-refractivity contribution in [1.29, 1.82) is 0 Å². The van der Waals surface area contributed by atoms with Gasteiger partial charge >= 0.3 is 11.9 Å². The van der Waals surface area contributed by atoms with E-state index in [4.69, 9.17) is 9.47 Å². The summed E-state index contributed by atoms with van der Waals surface area (Å²) in [5.74, 6) is -2.45. The monoisotopic (exact) mass is 273 g/mol. The van der Waals surface area contributed by atoms with Crippen molar-refractivity contribution in [3.05, 3.63) is 12.3 Å². The first-order valence-electron chi connectivity index (χ1n) is 5.78. The lowest BCUT2D eigenvalue weighted by atomic mass is 9.99. The first-order valence-corrected chi connectivity index (χ1v) is 5.78. The second-order valence-electron chi connectivity index (χ2n) is 3.47. The van der Waals surface area contributed by atoms with E-state index in [9.17, 15) is 14.4 Å². The fourth-order valence-corrected chi connectivity index (χ4v) is 1.30. The Bertz CT molecular complexity index is 345. The van der Waals surface area contributed by atoms with Gasteiger partial charge in [-0.3, -0.25) is 4.79 Å². The topological polar surface area (TPSA) is 90.9 Å². The number of esters is 2. The van der Waals surface area contributed by atoms with Gasteiger partial charge in [0.2, 0.25) is 5.91 Å². The van der Waals surface area contributed by atoms with Gasteiger partial charge in [0.15, 0.2) is 0 Å². The second kappa shape index (κ2) is 8.12. The van der Waals surface area contributed by atoms with E-state index in [1.54, 1.807) is 13.8 Å². The molecule has 0 heterocycles. The molecule has 0 unspecified atom stereocenters. The predicted octanol–water partition coefficient (Wildman–Crippen LogP) is 0.148. The first-order chi connectivity index (χ1) is 8.94. The van der Waals surface area contributed by atoms with E-state index in [0.29, 0.717) is 0 Å². The van der Waals surface area contributed by atoms with Gasteiger partial charge in [-0.15, -0.1) is 0 Å². The Labute approximate surface area is 111 Å². The molecule has 0 saturated carbocycles. The third kappa shape index (κ3) is 4.61. The molecule has 0 aliphatic heterocycles. The largest absolute Gasteiger partial charge is 0.505 e. The quantitative estimate of drug-likeness (QED) is 0.403.